The van der Waals surface area contributed by atoms with Crippen LogP contribution in [0.4, 0.5) is 4.39 Å². The Morgan fingerprint density at radius 3 is 2.81 bits per heavy atom. The van der Waals surface area contributed by atoms with Crippen molar-refractivity contribution in [3.63, 3.8) is 0 Å². The Labute approximate surface area is 162 Å². The molecule has 4 rings (SSSR count). The third kappa shape index (κ3) is 3.90. The molecule has 0 aliphatic carbocycles. The minimum absolute atomic E-state index is 0.0128. The van der Waals surface area contributed by atoms with E-state index in [0.717, 1.165) is 23.4 Å². The van der Waals surface area contributed by atoms with Crippen molar-refractivity contribution in [3.05, 3.63) is 83.9 Å². The molecular formula is C21H20FN3OS. The third-order valence-electron chi connectivity index (χ3n) is 4.74. The Kier molecular flexibility index (Phi) is 5.25. The molecule has 1 aliphatic rings. The van der Waals surface area contributed by atoms with Crippen LogP contribution in [0.3, 0.4) is 0 Å². The minimum Gasteiger partial charge on any atom is -0.338 e. The standard InChI is InChI=1S/C21H20FN3OS/c22-19-8-2-1-7-18(19)20-9-12-24(13-14-27-20)21(26)16-5-3-6-17(15-16)25-11-4-10-23-25/h1-8,10-11,15,20H,9,12-14H2. The fourth-order valence-electron chi connectivity index (χ4n) is 3.34. The van der Waals surface area contributed by atoms with Crippen molar-refractivity contribution in [2.24, 2.45) is 0 Å². The highest BCUT2D eigenvalue weighted by Crippen LogP contribution is 2.35. The molecule has 1 fully saturated rings. The van der Waals surface area contributed by atoms with Gasteiger partial charge in [-0.3, -0.25) is 4.79 Å². The SMILES string of the molecule is O=C(c1cccc(-n2cccn2)c1)N1CCSC(c2ccccc2F)CC1. The largest absolute Gasteiger partial charge is 0.338 e. The van der Waals surface area contributed by atoms with Crippen molar-refractivity contribution >= 4 is 17.7 Å². The molecule has 1 aliphatic heterocycles. The van der Waals surface area contributed by atoms with Crippen LogP contribution in [0.1, 0.15) is 27.6 Å². The molecule has 0 radical (unpaired) electrons. The maximum Gasteiger partial charge on any atom is 0.253 e. The number of hydrogen-bond acceptors (Lipinski definition) is 3. The highest BCUT2D eigenvalue weighted by molar-refractivity contribution is 7.99. The Morgan fingerprint density at radius 1 is 1.11 bits per heavy atom. The highest BCUT2D eigenvalue weighted by atomic mass is 32.2. The maximum absolute atomic E-state index is 14.1. The number of carbonyl (C=O) groups excluding carboxylic acids is 1. The lowest BCUT2D eigenvalue weighted by molar-refractivity contribution is 0.0766. The molecular weight excluding hydrogens is 361 g/mol. The van der Waals surface area contributed by atoms with E-state index < -0.39 is 0 Å². The number of halogens is 1. The van der Waals surface area contributed by atoms with E-state index >= 15 is 0 Å². The molecule has 0 spiro atoms. The molecule has 1 saturated heterocycles. The number of carbonyl (C=O) groups is 1. The van der Waals surface area contributed by atoms with Gasteiger partial charge in [0.25, 0.3) is 5.91 Å². The lowest BCUT2D eigenvalue weighted by Crippen LogP contribution is -2.33. The van der Waals surface area contributed by atoms with E-state index in [9.17, 15) is 9.18 Å². The molecule has 1 amide bonds. The number of nitrogens with zero attached hydrogens (tertiary/aromatic N) is 3. The van der Waals surface area contributed by atoms with Crippen LogP contribution in [-0.2, 0) is 0 Å². The zero-order valence-corrected chi connectivity index (χ0v) is 15.6. The van der Waals surface area contributed by atoms with E-state index in [-0.39, 0.29) is 17.0 Å². The molecule has 0 saturated carbocycles. The Bertz CT molecular complexity index is 929. The lowest BCUT2D eigenvalue weighted by Gasteiger charge is -2.21. The van der Waals surface area contributed by atoms with Gasteiger partial charge in [-0.15, -0.1) is 0 Å². The number of aromatic nitrogens is 2. The first-order valence-electron chi connectivity index (χ1n) is 8.98. The van der Waals surface area contributed by atoms with Crippen molar-refractivity contribution in [2.45, 2.75) is 11.7 Å². The molecule has 3 aromatic rings. The van der Waals surface area contributed by atoms with Gasteiger partial charge in [0.1, 0.15) is 5.82 Å². The molecule has 138 valence electrons. The van der Waals surface area contributed by atoms with Crippen molar-refractivity contribution < 1.29 is 9.18 Å². The number of amides is 1. The van der Waals surface area contributed by atoms with Crippen LogP contribution < -0.4 is 0 Å². The van der Waals surface area contributed by atoms with Gasteiger partial charge in [-0.25, -0.2) is 9.07 Å². The van der Waals surface area contributed by atoms with Gasteiger partial charge >= 0.3 is 0 Å². The second kappa shape index (κ2) is 7.96. The van der Waals surface area contributed by atoms with Gasteiger partial charge in [-0.1, -0.05) is 24.3 Å². The number of hydrogen-bond donors (Lipinski definition) is 0. The topological polar surface area (TPSA) is 38.1 Å². The average Bonchev–Trinajstić information content (AvgIpc) is 3.13. The average molecular weight is 381 g/mol. The van der Waals surface area contributed by atoms with E-state index in [0.29, 0.717) is 18.7 Å². The maximum atomic E-state index is 14.1. The highest BCUT2D eigenvalue weighted by Gasteiger charge is 2.24. The van der Waals surface area contributed by atoms with Gasteiger partial charge in [-0.2, -0.15) is 16.9 Å². The molecule has 2 aromatic carbocycles. The summed E-state index contributed by atoms with van der Waals surface area (Å²) in [4.78, 5) is 14.9. The summed E-state index contributed by atoms with van der Waals surface area (Å²) in [6.07, 6.45) is 4.31. The van der Waals surface area contributed by atoms with Crippen molar-refractivity contribution in [1.29, 1.82) is 0 Å². The predicted octanol–water partition coefficient (Wildman–Crippen LogP) is 4.33. The van der Waals surface area contributed by atoms with Gasteiger partial charge in [0.15, 0.2) is 0 Å². The molecule has 0 bridgehead atoms. The van der Waals surface area contributed by atoms with Crippen LogP contribution in [0.5, 0.6) is 0 Å². The lowest BCUT2D eigenvalue weighted by atomic mass is 10.1. The normalized spacial score (nSPS) is 17.5. The molecule has 6 heteroatoms. The summed E-state index contributed by atoms with van der Waals surface area (Å²) in [5.74, 6) is 0.643. The van der Waals surface area contributed by atoms with Gasteiger partial charge < -0.3 is 4.90 Å². The van der Waals surface area contributed by atoms with Crippen LogP contribution in [0.25, 0.3) is 5.69 Å². The van der Waals surface area contributed by atoms with E-state index in [4.69, 9.17) is 0 Å². The molecule has 1 unspecified atom stereocenters. The molecule has 1 atom stereocenters. The monoisotopic (exact) mass is 381 g/mol. The predicted molar refractivity (Wildman–Crippen MR) is 106 cm³/mol. The molecule has 0 N–H and O–H groups in total. The summed E-state index contributed by atoms with van der Waals surface area (Å²) in [7, 11) is 0. The van der Waals surface area contributed by atoms with E-state index in [2.05, 4.69) is 5.10 Å². The van der Waals surface area contributed by atoms with Crippen LogP contribution in [0.15, 0.2) is 67.0 Å². The summed E-state index contributed by atoms with van der Waals surface area (Å²) in [6.45, 7) is 1.29. The van der Waals surface area contributed by atoms with Gasteiger partial charge in [-0.05, 0) is 36.8 Å². The molecule has 4 nitrogen and oxygen atoms in total. The van der Waals surface area contributed by atoms with Gasteiger partial charge in [0, 0.05) is 47.6 Å². The Hall–Kier alpha value is -2.60. The van der Waals surface area contributed by atoms with E-state index in [1.54, 1.807) is 28.7 Å². The van der Waals surface area contributed by atoms with Crippen molar-refractivity contribution in [2.75, 3.05) is 18.8 Å². The molecule has 1 aromatic heterocycles. The zero-order valence-electron chi connectivity index (χ0n) is 14.8. The van der Waals surface area contributed by atoms with E-state index in [1.165, 1.54) is 6.07 Å². The first kappa shape index (κ1) is 17.8. The van der Waals surface area contributed by atoms with Crippen LogP contribution in [-0.4, -0.2) is 39.4 Å². The fourth-order valence-corrected chi connectivity index (χ4v) is 4.60. The second-order valence-corrected chi connectivity index (χ2v) is 7.77. The fraction of sp³-hybridized carbons (Fsp3) is 0.238. The summed E-state index contributed by atoms with van der Waals surface area (Å²) in [5.41, 5.74) is 2.24. The summed E-state index contributed by atoms with van der Waals surface area (Å²) in [6, 6.07) is 16.3. The third-order valence-corrected chi connectivity index (χ3v) is 6.05. The van der Waals surface area contributed by atoms with Crippen LogP contribution in [0.2, 0.25) is 0 Å². The zero-order chi connectivity index (χ0) is 18.6. The van der Waals surface area contributed by atoms with Gasteiger partial charge in [0.05, 0.1) is 5.69 Å². The van der Waals surface area contributed by atoms with Crippen LogP contribution in [0, 0.1) is 5.82 Å². The van der Waals surface area contributed by atoms with Gasteiger partial charge in [0.2, 0.25) is 0 Å². The minimum atomic E-state index is -0.165. The van der Waals surface area contributed by atoms with E-state index in [1.807, 2.05) is 53.6 Å². The number of rotatable bonds is 3. The molecule has 27 heavy (non-hydrogen) atoms. The Balaban J connectivity index is 1.49. The van der Waals surface area contributed by atoms with Crippen LogP contribution >= 0.6 is 11.8 Å². The summed E-state index contributed by atoms with van der Waals surface area (Å²) in [5, 5.41) is 4.30. The Morgan fingerprint density at radius 2 is 2.00 bits per heavy atom. The second-order valence-electron chi connectivity index (χ2n) is 6.46. The number of thioether (sulfide) groups is 1. The smallest absolute Gasteiger partial charge is 0.253 e. The summed E-state index contributed by atoms with van der Waals surface area (Å²) < 4.78 is 15.8. The van der Waals surface area contributed by atoms with Crippen molar-refractivity contribution in [1.82, 2.24) is 14.7 Å². The quantitative estimate of drug-likeness (QED) is 0.678. The number of benzene rings is 2. The first-order valence-corrected chi connectivity index (χ1v) is 10.0. The first-order chi connectivity index (χ1) is 13.2. The molecule has 2 heterocycles. The van der Waals surface area contributed by atoms with Crippen molar-refractivity contribution in [3.8, 4) is 5.69 Å². The summed E-state index contributed by atoms with van der Waals surface area (Å²) >= 11 is 1.72.